The molecule has 0 amide bonds. The molecule has 0 aromatic rings. The molecule has 0 fully saturated rings. The van der Waals surface area contributed by atoms with Crippen LogP contribution in [0.1, 0.15) is 0 Å². The number of carbonyl (C=O) groups excluding carboxylic acids is 1. The van der Waals surface area contributed by atoms with Gasteiger partial charge in [-0.3, -0.25) is 0 Å². The van der Waals surface area contributed by atoms with E-state index in [1.807, 2.05) is 23.9 Å². The Kier molecular flexibility index (Phi) is 6.63. The van der Waals surface area contributed by atoms with Crippen LogP contribution in [0.4, 0.5) is 4.79 Å². The second kappa shape index (κ2) is 6.66. The summed E-state index contributed by atoms with van der Waals surface area (Å²) in [5, 5.41) is 0. The summed E-state index contributed by atoms with van der Waals surface area (Å²) >= 11 is -0.455. The van der Waals surface area contributed by atoms with Crippen molar-refractivity contribution >= 4 is 6.16 Å². The minimum absolute atomic E-state index is 0.398. The molecular weight excluding hydrogens is 261 g/mol. The molecule has 4 nitrogen and oxygen atoms in total. The molecule has 11 heavy (non-hydrogen) atoms. The van der Waals surface area contributed by atoms with Gasteiger partial charge in [0.15, 0.2) is 0 Å². The van der Waals surface area contributed by atoms with Gasteiger partial charge >= 0.3 is 77.5 Å². The molecule has 0 radical (unpaired) electrons. The predicted molar refractivity (Wildman–Crippen MR) is 36.9 cm³/mol. The monoisotopic (exact) mass is 274 g/mol. The Hall–Kier alpha value is -0.0400. The molecule has 0 bridgehead atoms. The topological polar surface area (TPSA) is 38.8 Å². The molecule has 0 rings (SSSR count). The first kappa shape index (κ1) is 11.0. The molecule has 68 valence electrons. The van der Waals surface area contributed by atoms with E-state index in [4.69, 9.17) is 4.74 Å². The van der Waals surface area contributed by atoms with E-state index >= 15 is 0 Å². The van der Waals surface area contributed by atoms with Gasteiger partial charge < -0.3 is 0 Å². The third-order valence-corrected chi connectivity index (χ3v) is 1.70. The number of alkyl halides is 1. The summed E-state index contributed by atoms with van der Waals surface area (Å²) in [5.74, 6) is 0. The first-order chi connectivity index (χ1) is 5.16. The van der Waals surface area contributed by atoms with Gasteiger partial charge in [0, 0.05) is 0 Å². The number of hydrogen-bond donors (Lipinski definition) is 0. The summed E-state index contributed by atoms with van der Waals surface area (Å²) in [6, 6.07) is 0. The van der Waals surface area contributed by atoms with Crippen LogP contribution in [0.25, 0.3) is 0 Å². The summed E-state index contributed by atoms with van der Waals surface area (Å²) < 4.78 is 9.37. The number of nitrogens with zero attached hydrogens (tertiary/aromatic N) is 1. The Morgan fingerprint density at radius 3 is 2.64 bits per heavy atom. The average molecular weight is 274 g/mol. The third kappa shape index (κ3) is 7.86. The number of halogens is 1. The van der Waals surface area contributed by atoms with E-state index in [1.54, 1.807) is 0 Å². The van der Waals surface area contributed by atoms with Gasteiger partial charge in [-0.1, -0.05) is 0 Å². The van der Waals surface area contributed by atoms with Crippen LogP contribution in [0.3, 0.4) is 0 Å². The first-order valence-corrected chi connectivity index (χ1v) is 6.18. The normalized spacial score (nSPS) is 10.2. The Morgan fingerprint density at radius 2 is 2.18 bits per heavy atom. The average Bonchev–Trinajstić information content (AvgIpc) is 1.87. The quantitative estimate of drug-likeness (QED) is 0.318. The minimum atomic E-state index is -0.540. The van der Waals surface area contributed by atoms with E-state index in [1.165, 1.54) is 0 Å². The van der Waals surface area contributed by atoms with E-state index in [-0.39, 0.29) is 0 Å². The molecule has 5 heteroatoms. The van der Waals surface area contributed by atoms with Gasteiger partial charge in [-0.25, -0.2) is 0 Å². The van der Waals surface area contributed by atoms with Gasteiger partial charge in [-0.15, -0.1) is 0 Å². The fraction of sp³-hybridized carbons (Fsp3) is 0.833. The standard InChI is InChI=1S/C6H13INO3/c1-7-11-6(9)10-5-4-8(2)3/h4-5H2,1-3H3/q-1. The van der Waals surface area contributed by atoms with Gasteiger partial charge in [0.25, 0.3) is 0 Å². The van der Waals surface area contributed by atoms with E-state index in [2.05, 4.69) is 3.07 Å². The maximum atomic E-state index is 10.6. The fourth-order valence-corrected chi connectivity index (χ4v) is 0.884. The molecule has 0 atom stereocenters. The molecule has 0 N–H and O–H groups in total. The number of ether oxygens (including phenoxy) is 1. The zero-order valence-corrected chi connectivity index (χ0v) is 9.12. The molecule has 0 saturated heterocycles. The van der Waals surface area contributed by atoms with Crippen LogP contribution in [0.5, 0.6) is 0 Å². The van der Waals surface area contributed by atoms with E-state index in [0.29, 0.717) is 6.61 Å². The van der Waals surface area contributed by atoms with Crippen molar-refractivity contribution in [2.75, 3.05) is 32.2 Å². The number of hydrogen-bond acceptors (Lipinski definition) is 4. The summed E-state index contributed by atoms with van der Waals surface area (Å²) in [7, 11) is 3.84. The van der Waals surface area contributed by atoms with Crippen molar-refractivity contribution in [1.82, 2.24) is 4.90 Å². The van der Waals surface area contributed by atoms with E-state index in [9.17, 15) is 4.79 Å². The fourth-order valence-electron chi connectivity index (χ4n) is 0.397. The molecule has 0 aliphatic carbocycles. The second-order valence-corrected chi connectivity index (χ2v) is 3.45. The Morgan fingerprint density at radius 1 is 1.55 bits per heavy atom. The number of likely N-dealkylation sites (N-methyl/N-ethyl adjacent to an activating group) is 1. The van der Waals surface area contributed by atoms with Crippen molar-refractivity contribution in [3.05, 3.63) is 0 Å². The predicted octanol–water partition coefficient (Wildman–Crippen LogP) is -2.66. The molecule has 0 aromatic heterocycles. The number of rotatable bonds is 4. The van der Waals surface area contributed by atoms with Crippen LogP contribution < -0.4 is 21.6 Å². The first-order valence-electron chi connectivity index (χ1n) is 3.14. The van der Waals surface area contributed by atoms with Crippen molar-refractivity contribution in [3.63, 3.8) is 0 Å². The van der Waals surface area contributed by atoms with E-state index in [0.717, 1.165) is 6.54 Å². The van der Waals surface area contributed by atoms with Crippen molar-refractivity contribution in [3.8, 4) is 0 Å². The molecule has 0 aliphatic heterocycles. The molecule has 0 heterocycles. The third-order valence-electron chi connectivity index (χ3n) is 0.899. The second-order valence-electron chi connectivity index (χ2n) is 2.13. The van der Waals surface area contributed by atoms with Crippen molar-refractivity contribution < 1.29 is 34.2 Å². The molecule has 0 aromatic carbocycles. The maximum absolute atomic E-state index is 10.6. The van der Waals surface area contributed by atoms with Gasteiger partial charge in [-0.05, 0) is 0 Å². The SMILES string of the molecule is C[I-]OC(=O)OCCN(C)C. The van der Waals surface area contributed by atoms with Gasteiger partial charge in [-0.2, -0.15) is 0 Å². The summed E-state index contributed by atoms with van der Waals surface area (Å²) in [4.78, 5) is 14.4. The Bertz CT molecular complexity index is 118. The Balaban J connectivity index is 3.17. The molecule has 0 saturated carbocycles. The van der Waals surface area contributed by atoms with Crippen LogP contribution >= 0.6 is 0 Å². The zero-order chi connectivity index (χ0) is 8.69. The number of carbonyl (C=O) groups is 1. The summed E-state index contributed by atoms with van der Waals surface area (Å²) in [6.45, 7) is 1.13. The van der Waals surface area contributed by atoms with Crippen molar-refractivity contribution in [1.29, 1.82) is 0 Å². The van der Waals surface area contributed by atoms with Crippen LogP contribution in [0.2, 0.25) is 0 Å². The molecular formula is C6H13INO3-. The summed E-state index contributed by atoms with van der Waals surface area (Å²) in [6.07, 6.45) is -0.540. The van der Waals surface area contributed by atoms with Gasteiger partial charge in [0.2, 0.25) is 0 Å². The van der Waals surface area contributed by atoms with Gasteiger partial charge in [0.1, 0.15) is 0 Å². The van der Waals surface area contributed by atoms with Crippen LogP contribution in [-0.4, -0.2) is 43.2 Å². The zero-order valence-electron chi connectivity index (χ0n) is 6.96. The van der Waals surface area contributed by atoms with Crippen LogP contribution in [0.15, 0.2) is 0 Å². The van der Waals surface area contributed by atoms with Crippen molar-refractivity contribution in [2.45, 2.75) is 0 Å². The van der Waals surface area contributed by atoms with Crippen molar-refractivity contribution in [2.24, 2.45) is 0 Å². The Labute approximate surface area is 77.6 Å². The van der Waals surface area contributed by atoms with Gasteiger partial charge in [0.05, 0.1) is 0 Å². The molecule has 0 unspecified atom stereocenters. The van der Waals surface area contributed by atoms with Crippen LogP contribution in [-0.2, 0) is 7.80 Å². The summed E-state index contributed by atoms with van der Waals surface area (Å²) in [5.41, 5.74) is 0. The molecule has 0 spiro atoms. The van der Waals surface area contributed by atoms with E-state index < -0.39 is 27.8 Å². The molecule has 0 aliphatic rings. The van der Waals surface area contributed by atoms with Crippen LogP contribution in [0, 0.1) is 0 Å².